The molecule has 0 saturated carbocycles. The van der Waals surface area contributed by atoms with E-state index in [4.69, 9.17) is 10.2 Å². The average molecular weight is 248 g/mol. The lowest BCUT2D eigenvalue weighted by Crippen LogP contribution is -2.18. The molecular weight excluding hydrogens is 231 g/mol. The summed E-state index contributed by atoms with van der Waals surface area (Å²) in [7, 11) is 1.95. The van der Waals surface area contributed by atoms with Gasteiger partial charge in [-0.2, -0.15) is 0 Å². The van der Waals surface area contributed by atoms with E-state index in [1.807, 2.05) is 24.1 Å². The summed E-state index contributed by atoms with van der Waals surface area (Å²) >= 11 is 0. The van der Waals surface area contributed by atoms with E-state index in [2.05, 4.69) is 0 Å². The molecule has 4 heteroatoms. The number of nitrogens with two attached hydrogens (primary N) is 1. The molecule has 0 saturated heterocycles. The lowest BCUT2D eigenvalue weighted by atomic mass is 10.1. The van der Waals surface area contributed by atoms with Crippen LogP contribution in [-0.2, 0) is 19.6 Å². The average Bonchev–Trinajstić information content (AvgIpc) is 2.84. The standard InChI is InChI=1S/C14H17FN2O/c1-17(8-12-4-5-18-10-12)9-13-6-11(7-16)2-3-14(13)15/h2-6,10H,7-9,16H2,1H3. The maximum absolute atomic E-state index is 13.7. The van der Waals surface area contributed by atoms with Gasteiger partial charge < -0.3 is 10.2 Å². The van der Waals surface area contributed by atoms with Crippen LogP contribution in [0.5, 0.6) is 0 Å². The Balaban J connectivity index is 2.04. The quantitative estimate of drug-likeness (QED) is 0.884. The van der Waals surface area contributed by atoms with Crippen molar-refractivity contribution in [2.24, 2.45) is 5.73 Å². The Morgan fingerprint density at radius 2 is 2.06 bits per heavy atom. The van der Waals surface area contributed by atoms with E-state index in [0.717, 1.165) is 17.7 Å². The minimum Gasteiger partial charge on any atom is -0.472 e. The van der Waals surface area contributed by atoms with Gasteiger partial charge in [0, 0.05) is 30.8 Å². The van der Waals surface area contributed by atoms with Gasteiger partial charge in [-0.05, 0) is 24.7 Å². The van der Waals surface area contributed by atoms with E-state index in [-0.39, 0.29) is 5.82 Å². The van der Waals surface area contributed by atoms with Crippen molar-refractivity contribution in [1.29, 1.82) is 0 Å². The van der Waals surface area contributed by atoms with Gasteiger partial charge in [-0.15, -0.1) is 0 Å². The number of hydrogen-bond donors (Lipinski definition) is 1. The van der Waals surface area contributed by atoms with Gasteiger partial charge in [0.25, 0.3) is 0 Å². The first kappa shape index (κ1) is 12.8. The minimum atomic E-state index is -0.189. The van der Waals surface area contributed by atoms with Crippen LogP contribution in [0.2, 0.25) is 0 Å². The zero-order chi connectivity index (χ0) is 13.0. The zero-order valence-electron chi connectivity index (χ0n) is 10.4. The molecule has 0 aliphatic carbocycles. The molecular formula is C14H17FN2O. The maximum Gasteiger partial charge on any atom is 0.127 e. The molecule has 1 aromatic carbocycles. The summed E-state index contributed by atoms with van der Waals surface area (Å²) in [4.78, 5) is 2.03. The lowest BCUT2D eigenvalue weighted by molar-refractivity contribution is 0.312. The third-order valence-electron chi connectivity index (χ3n) is 2.82. The second-order valence-corrected chi connectivity index (χ2v) is 4.43. The summed E-state index contributed by atoms with van der Waals surface area (Å²) in [5.41, 5.74) is 8.26. The van der Waals surface area contributed by atoms with Gasteiger partial charge in [-0.25, -0.2) is 4.39 Å². The molecule has 0 bridgehead atoms. The summed E-state index contributed by atoms with van der Waals surface area (Å²) < 4.78 is 18.7. The number of rotatable bonds is 5. The molecule has 0 aliphatic heterocycles. The van der Waals surface area contributed by atoms with Crippen LogP contribution in [0.1, 0.15) is 16.7 Å². The maximum atomic E-state index is 13.7. The highest BCUT2D eigenvalue weighted by Gasteiger charge is 2.07. The molecule has 0 fully saturated rings. The predicted octanol–water partition coefficient (Wildman–Crippen LogP) is 2.51. The van der Waals surface area contributed by atoms with Crippen LogP contribution in [0.25, 0.3) is 0 Å². The lowest BCUT2D eigenvalue weighted by Gasteiger charge is -2.16. The molecule has 0 radical (unpaired) electrons. The molecule has 1 aromatic heterocycles. The topological polar surface area (TPSA) is 42.4 Å². The first-order valence-electron chi connectivity index (χ1n) is 5.86. The molecule has 18 heavy (non-hydrogen) atoms. The second kappa shape index (κ2) is 5.80. The van der Waals surface area contributed by atoms with E-state index >= 15 is 0 Å². The summed E-state index contributed by atoms with van der Waals surface area (Å²) in [6, 6.07) is 6.92. The molecule has 0 atom stereocenters. The Bertz CT molecular complexity index is 497. The predicted molar refractivity (Wildman–Crippen MR) is 68.2 cm³/mol. The zero-order valence-corrected chi connectivity index (χ0v) is 10.4. The van der Waals surface area contributed by atoms with Gasteiger partial charge in [0.1, 0.15) is 5.82 Å². The van der Waals surface area contributed by atoms with Crippen molar-refractivity contribution in [3.63, 3.8) is 0 Å². The molecule has 0 unspecified atom stereocenters. The highest BCUT2D eigenvalue weighted by atomic mass is 19.1. The molecule has 0 spiro atoms. The van der Waals surface area contributed by atoms with Crippen molar-refractivity contribution in [3.05, 3.63) is 59.3 Å². The van der Waals surface area contributed by atoms with Crippen molar-refractivity contribution in [3.8, 4) is 0 Å². The van der Waals surface area contributed by atoms with Crippen molar-refractivity contribution in [2.45, 2.75) is 19.6 Å². The van der Waals surface area contributed by atoms with E-state index in [1.54, 1.807) is 18.6 Å². The summed E-state index contributed by atoms with van der Waals surface area (Å²) in [5.74, 6) is -0.189. The van der Waals surface area contributed by atoms with Gasteiger partial charge in [-0.3, -0.25) is 4.90 Å². The van der Waals surface area contributed by atoms with Crippen molar-refractivity contribution < 1.29 is 8.81 Å². The van der Waals surface area contributed by atoms with Gasteiger partial charge in [0.2, 0.25) is 0 Å². The van der Waals surface area contributed by atoms with Gasteiger partial charge in [-0.1, -0.05) is 12.1 Å². The van der Waals surface area contributed by atoms with Crippen LogP contribution in [0.15, 0.2) is 41.2 Å². The van der Waals surface area contributed by atoms with Crippen molar-refractivity contribution in [1.82, 2.24) is 4.90 Å². The van der Waals surface area contributed by atoms with E-state index in [9.17, 15) is 4.39 Å². The summed E-state index contributed by atoms with van der Waals surface area (Å²) in [6.45, 7) is 1.70. The van der Waals surface area contributed by atoms with Crippen LogP contribution in [-0.4, -0.2) is 11.9 Å². The third kappa shape index (κ3) is 3.18. The Morgan fingerprint density at radius 1 is 1.22 bits per heavy atom. The summed E-state index contributed by atoms with van der Waals surface area (Å²) in [6.07, 6.45) is 3.34. The van der Waals surface area contributed by atoms with Gasteiger partial charge in [0.05, 0.1) is 12.5 Å². The van der Waals surface area contributed by atoms with E-state index < -0.39 is 0 Å². The fraction of sp³-hybridized carbons (Fsp3) is 0.286. The molecule has 2 N–H and O–H groups in total. The van der Waals surface area contributed by atoms with Crippen LogP contribution < -0.4 is 5.73 Å². The van der Waals surface area contributed by atoms with E-state index in [0.29, 0.717) is 18.7 Å². The van der Waals surface area contributed by atoms with Gasteiger partial charge in [0.15, 0.2) is 0 Å². The Kier molecular flexibility index (Phi) is 4.12. The summed E-state index contributed by atoms with van der Waals surface area (Å²) in [5, 5.41) is 0. The molecule has 0 amide bonds. The number of benzene rings is 1. The molecule has 1 heterocycles. The largest absolute Gasteiger partial charge is 0.472 e. The third-order valence-corrected chi connectivity index (χ3v) is 2.82. The SMILES string of the molecule is CN(Cc1ccoc1)Cc1cc(CN)ccc1F. The van der Waals surface area contributed by atoms with E-state index in [1.165, 1.54) is 6.07 Å². The smallest absolute Gasteiger partial charge is 0.127 e. The fourth-order valence-corrected chi connectivity index (χ4v) is 1.92. The number of nitrogens with zero attached hydrogens (tertiary/aromatic N) is 1. The Hall–Kier alpha value is -1.65. The number of halogens is 1. The van der Waals surface area contributed by atoms with Crippen LogP contribution in [0.3, 0.4) is 0 Å². The first-order chi connectivity index (χ1) is 8.69. The highest BCUT2D eigenvalue weighted by Crippen LogP contribution is 2.14. The minimum absolute atomic E-state index is 0.189. The Morgan fingerprint density at radius 3 is 2.72 bits per heavy atom. The molecule has 0 aliphatic rings. The number of furan rings is 1. The van der Waals surface area contributed by atoms with Crippen molar-refractivity contribution >= 4 is 0 Å². The normalized spacial score (nSPS) is 11.1. The highest BCUT2D eigenvalue weighted by molar-refractivity contribution is 5.25. The van der Waals surface area contributed by atoms with Crippen LogP contribution in [0.4, 0.5) is 4.39 Å². The molecule has 2 rings (SSSR count). The second-order valence-electron chi connectivity index (χ2n) is 4.43. The molecule has 3 nitrogen and oxygen atoms in total. The molecule has 2 aromatic rings. The fourth-order valence-electron chi connectivity index (χ4n) is 1.92. The van der Waals surface area contributed by atoms with Gasteiger partial charge >= 0.3 is 0 Å². The van der Waals surface area contributed by atoms with Crippen LogP contribution in [0, 0.1) is 5.82 Å². The first-order valence-corrected chi connectivity index (χ1v) is 5.86. The molecule has 96 valence electrons. The van der Waals surface area contributed by atoms with Crippen LogP contribution >= 0.6 is 0 Å². The van der Waals surface area contributed by atoms with Crippen molar-refractivity contribution in [2.75, 3.05) is 7.05 Å². The Labute approximate surface area is 106 Å². The number of hydrogen-bond acceptors (Lipinski definition) is 3. The monoisotopic (exact) mass is 248 g/mol.